The number of carbonyl (C=O) groups is 1. The molecule has 3 N–H and O–H groups in total. The van der Waals surface area contributed by atoms with E-state index >= 15 is 0 Å². The molecule has 1 aromatic carbocycles. The monoisotopic (exact) mass is 241 g/mol. The molecule has 2 rings (SSSR count). The lowest BCUT2D eigenvalue weighted by Gasteiger charge is -2.06. The lowest BCUT2D eigenvalue weighted by Crippen LogP contribution is -2.22. The minimum Gasteiger partial charge on any atom is -0.383 e. The molecule has 0 unspecified atom stereocenters. The van der Waals surface area contributed by atoms with Gasteiger partial charge in [0.05, 0.1) is 0 Å². The minimum absolute atomic E-state index is 0.0925. The van der Waals surface area contributed by atoms with Gasteiger partial charge in [0.25, 0.3) is 5.91 Å². The van der Waals surface area contributed by atoms with E-state index < -0.39 is 0 Å². The third kappa shape index (κ3) is 2.85. The number of pyridine rings is 1. The molecule has 0 bridgehead atoms. The van der Waals surface area contributed by atoms with E-state index in [0.29, 0.717) is 17.9 Å². The average molecular weight is 241 g/mol. The number of nitrogens with zero attached hydrogens (tertiary/aromatic N) is 1. The summed E-state index contributed by atoms with van der Waals surface area (Å²) in [6.07, 6.45) is 1.67. The van der Waals surface area contributed by atoms with E-state index in [2.05, 4.69) is 10.3 Å². The zero-order chi connectivity index (χ0) is 13.0. The van der Waals surface area contributed by atoms with Gasteiger partial charge in [-0.2, -0.15) is 0 Å². The van der Waals surface area contributed by atoms with Crippen LogP contribution in [0.4, 0.5) is 5.82 Å². The van der Waals surface area contributed by atoms with Gasteiger partial charge in [-0.3, -0.25) is 4.79 Å². The number of benzene rings is 1. The highest BCUT2D eigenvalue weighted by molar-refractivity contribution is 5.94. The van der Waals surface area contributed by atoms with Crippen LogP contribution < -0.4 is 11.1 Å². The molecule has 0 radical (unpaired) electrons. The van der Waals surface area contributed by atoms with Crippen LogP contribution in [0.2, 0.25) is 0 Å². The first-order chi connectivity index (χ1) is 8.66. The molecule has 1 heterocycles. The van der Waals surface area contributed by atoms with Crippen LogP contribution in [0.1, 0.15) is 21.5 Å². The lowest BCUT2D eigenvalue weighted by atomic mass is 10.2. The van der Waals surface area contributed by atoms with Crippen LogP contribution in [0.3, 0.4) is 0 Å². The summed E-state index contributed by atoms with van der Waals surface area (Å²) in [7, 11) is 0. The number of aryl methyl sites for hydroxylation is 1. The Balaban J connectivity index is 1.99. The molecular weight excluding hydrogens is 226 g/mol. The second kappa shape index (κ2) is 5.31. The van der Waals surface area contributed by atoms with Crippen molar-refractivity contribution in [3.05, 3.63) is 59.3 Å². The number of carbonyl (C=O) groups excluding carboxylic acids is 1. The Morgan fingerprint density at radius 2 is 2.06 bits per heavy atom. The van der Waals surface area contributed by atoms with Gasteiger partial charge in [-0.05, 0) is 36.2 Å². The predicted octanol–water partition coefficient (Wildman–Crippen LogP) is 1.90. The Hall–Kier alpha value is -2.36. The summed E-state index contributed by atoms with van der Waals surface area (Å²) < 4.78 is 0. The predicted molar refractivity (Wildman–Crippen MR) is 71.0 cm³/mol. The number of nitrogen functional groups attached to an aromatic ring is 1. The molecule has 92 valence electrons. The second-order valence-electron chi connectivity index (χ2n) is 4.09. The number of rotatable bonds is 3. The van der Waals surface area contributed by atoms with Crippen molar-refractivity contribution < 1.29 is 4.79 Å². The smallest absolute Gasteiger partial charge is 0.251 e. The molecule has 0 atom stereocenters. The van der Waals surface area contributed by atoms with Crippen molar-refractivity contribution in [1.29, 1.82) is 0 Å². The van der Waals surface area contributed by atoms with E-state index in [9.17, 15) is 4.79 Å². The molecule has 1 amide bonds. The van der Waals surface area contributed by atoms with Crippen LogP contribution in [-0.2, 0) is 6.54 Å². The maximum Gasteiger partial charge on any atom is 0.251 e. The first-order valence-corrected chi connectivity index (χ1v) is 5.71. The van der Waals surface area contributed by atoms with Gasteiger partial charge < -0.3 is 11.1 Å². The molecular formula is C14H15N3O. The Bertz CT molecular complexity index is 552. The van der Waals surface area contributed by atoms with Gasteiger partial charge in [0, 0.05) is 18.3 Å². The molecule has 4 heteroatoms. The fraction of sp³-hybridized carbons (Fsp3) is 0.143. The molecule has 0 spiro atoms. The van der Waals surface area contributed by atoms with Crippen LogP contribution in [-0.4, -0.2) is 10.9 Å². The summed E-state index contributed by atoms with van der Waals surface area (Å²) >= 11 is 0. The van der Waals surface area contributed by atoms with E-state index in [0.717, 1.165) is 11.1 Å². The standard InChI is InChI=1S/C14H15N3O/c1-10-7-11(8-16-13(10)15)9-17-14(18)12-5-3-2-4-6-12/h2-8H,9H2,1H3,(H2,15,16)(H,17,18). The molecule has 18 heavy (non-hydrogen) atoms. The van der Waals surface area contributed by atoms with Gasteiger partial charge in [0.1, 0.15) is 5.82 Å². The SMILES string of the molecule is Cc1cc(CNC(=O)c2ccccc2)cnc1N. The van der Waals surface area contributed by atoms with Crippen LogP contribution in [0, 0.1) is 6.92 Å². The molecule has 0 fully saturated rings. The van der Waals surface area contributed by atoms with Gasteiger partial charge in [0.15, 0.2) is 0 Å². The van der Waals surface area contributed by atoms with Gasteiger partial charge in [0.2, 0.25) is 0 Å². The summed E-state index contributed by atoms with van der Waals surface area (Å²) in [5.74, 6) is 0.429. The van der Waals surface area contributed by atoms with Crippen LogP contribution in [0.15, 0.2) is 42.6 Å². The van der Waals surface area contributed by atoms with Crippen LogP contribution in [0.5, 0.6) is 0 Å². The molecule has 0 aliphatic rings. The van der Waals surface area contributed by atoms with Gasteiger partial charge in [-0.25, -0.2) is 4.98 Å². The van der Waals surface area contributed by atoms with E-state index in [1.165, 1.54) is 0 Å². The highest BCUT2D eigenvalue weighted by Gasteiger charge is 2.04. The third-order valence-corrected chi connectivity index (χ3v) is 2.66. The van der Waals surface area contributed by atoms with E-state index in [1.807, 2.05) is 31.2 Å². The third-order valence-electron chi connectivity index (χ3n) is 2.66. The van der Waals surface area contributed by atoms with Crippen LogP contribution >= 0.6 is 0 Å². The Kier molecular flexibility index (Phi) is 3.57. The Labute approximate surface area is 106 Å². The Morgan fingerprint density at radius 3 is 2.72 bits per heavy atom. The molecule has 1 aromatic heterocycles. The fourth-order valence-electron chi connectivity index (χ4n) is 1.61. The second-order valence-corrected chi connectivity index (χ2v) is 4.09. The zero-order valence-electron chi connectivity index (χ0n) is 10.2. The minimum atomic E-state index is -0.0925. The fourth-order valence-corrected chi connectivity index (χ4v) is 1.61. The van der Waals surface area contributed by atoms with E-state index in [1.54, 1.807) is 18.3 Å². The molecule has 0 aliphatic carbocycles. The van der Waals surface area contributed by atoms with Gasteiger partial charge in [-0.15, -0.1) is 0 Å². The Morgan fingerprint density at radius 1 is 1.33 bits per heavy atom. The molecule has 0 saturated heterocycles. The largest absolute Gasteiger partial charge is 0.383 e. The van der Waals surface area contributed by atoms with Crippen molar-refractivity contribution >= 4 is 11.7 Å². The molecule has 2 aromatic rings. The quantitative estimate of drug-likeness (QED) is 0.862. The topological polar surface area (TPSA) is 68.0 Å². The van der Waals surface area contributed by atoms with E-state index in [-0.39, 0.29) is 5.91 Å². The number of hydrogen-bond acceptors (Lipinski definition) is 3. The molecule has 0 saturated carbocycles. The number of aromatic nitrogens is 1. The molecule has 4 nitrogen and oxygen atoms in total. The van der Waals surface area contributed by atoms with Crippen molar-refractivity contribution in [2.45, 2.75) is 13.5 Å². The van der Waals surface area contributed by atoms with Crippen molar-refractivity contribution in [1.82, 2.24) is 10.3 Å². The maximum absolute atomic E-state index is 11.8. The van der Waals surface area contributed by atoms with Crippen molar-refractivity contribution in [2.75, 3.05) is 5.73 Å². The normalized spacial score (nSPS) is 10.1. The lowest BCUT2D eigenvalue weighted by molar-refractivity contribution is 0.0951. The summed E-state index contributed by atoms with van der Waals surface area (Å²) in [5, 5.41) is 2.84. The van der Waals surface area contributed by atoms with Gasteiger partial charge in [-0.1, -0.05) is 18.2 Å². The average Bonchev–Trinajstić information content (AvgIpc) is 2.41. The summed E-state index contributed by atoms with van der Waals surface area (Å²) in [5.41, 5.74) is 8.14. The summed E-state index contributed by atoms with van der Waals surface area (Å²) in [6.45, 7) is 2.34. The van der Waals surface area contributed by atoms with Crippen molar-refractivity contribution in [2.24, 2.45) is 0 Å². The highest BCUT2D eigenvalue weighted by Crippen LogP contribution is 2.09. The first-order valence-electron chi connectivity index (χ1n) is 5.71. The number of amides is 1. The first kappa shape index (κ1) is 12.1. The van der Waals surface area contributed by atoms with E-state index in [4.69, 9.17) is 5.73 Å². The number of nitrogens with two attached hydrogens (primary N) is 1. The highest BCUT2D eigenvalue weighted by atomic mass is 16.1. The maximum atomic E-state index is 11.8. The van der Waals surface area contributed by atoms with Gasteiger partial charge >= 0.3 is 0 Å². The molecule has 0 aliphatic heterocycles. The number of anilines is 1. The summed E-state index contributed by atoms with van der Waals surface area (Å²) in [6, 6.07) is 11.0. The zero-order valence-corrected chi connectivity index (χ0v) is 10.2. The van der Waals surface area contributed by atoms with Crippen molar-refractivity contribution in [3.63, 3.8) is 0 Å². The van der Waals surface area contributed by atoms with Crippen LogP contribution in [0.25, 0.3) is 0 Å². The van der Waals surface area contributed by atoms with Crippen molar-refractivity contribution in [3.8, 4) is 0 Å². The summed E-state index contributed by atoms with van der Waals surface area (Å²) in [4.78, 5) is 15.9. The number of hydrogen-bond donors (Lipinski definition) is 2. The number of nitrogens with one attached hydrogen (secondary N) is 1.